The third-order valence-electron chi connectivity index (χ3n) is 5.00. The van der Waals surface area contributed by atoms with Crippen molar-refractivity contribution in [1.82, 2.24) is 4.31 Å². The molecule has 2 aromatic rings. The molecule has 3 rings (SSSR count). The molecule has 174 valence electrons. The monoisotopic (exact) mass is 490 g/mol. The van der Waals surface area contributed by atoms with Gasteiger partial charge in [0.25, 0.3) is 15.9 Å². The van der Waals surface area contributed by atoms with E-state index in [4.69, 9.17) is 4.74 Å². The van der Waals surface area contributed by atoms with Gasteiger partial charge in [-0.25, -0.2) is 8.42 Å². The molecule has 1 aliphatic rings. The lowest BCUT2D eigenvalue weighted by atomic mass is 9.98. The normalized spacial score (nSPS) is 17.0. The Labute approximate surface area is 187 Å². The summed E-state index contributed by atoms with van der Waals surface area (Å²) in [5.74, 6) is -1.99. The lowest BCUT2D eigenvalue weighted by molar-refractivity contribution is -0.158. The Bertz CT molecular complexity index is 1060. The Balaban J connectivity index is 1.52. The zero-order valence-electron chi connectivity index (χ0n) is 17.0. The Morgan fingerprint density at radius 1 is 1.19 bits per heavy atom. The van der Waals surface area contributed by atoms with Crippen LogP contribution in [0.1, 0.15) is 25.3 Å². The molecule has 1 fully saturated rings. The third kappa shape index (κ3) is 5.67. The average molecular weight is 491 g/mol. The molecule has 1 N–H and O–H groups in total. The van der Waals surface area contributed by atoms with Crippen molar-refractivity contribution in [2.45, 2.75) is 36.3 Å². The van der Waals surface area contributed by atoms with Crippen LogP contribution in [0.15, 0.2) is 46.0 Å². The van der Waals surface area contributed by atoms with Crippen molar-refractivity contribution in [3.05, 3.63) is 47.3 Å². The fourth-order valence-electron chi connectivity index (χ4n) is 3.21. The summed E-state index contributed by atoms with van der Waals surface area (Å²) in [4.78, 5) is 24.7. The van der Waals surface area contributed by atoms with Crippen molar-refractivity contribution in [1.29, 1.82) is 0 Å². The van der Waals surface area contributed by atoms with Gasteiger partial charge in [0.2, 0.25) is 0 Å². The van der Waals surface area contributed by atoms with E-state index in [9.17, 15) is 31.2 Å². The number of alkyl halides is 3. The predicted molar refractivity (Wildman–Crippen MR) is 111 cm³/mol. The number of amides is 1. The van der Waals surface area contributed by atoms with Crippen LogP contribution in [0.3, 0.4) is 0 Å². The topological polar surface area (TPSA) is 92.8 Å². The highest BCUT2D eigenvalue weighted by Gasteiger charge is 2.34. The van der Waals surface area contributed by atoms with Gasteiger partial charge in [0.05, 0.1) is 11.5 Å². The van der Waals surface area contributed by atoms with Crippen LogP contribution in [0.2, 0.25) is 0 Å². The Hall–Kier alpha value is -2.44. The van der Waals surface area contributed by atoms with Crippen LogP contribution >= 0.6 is 11.3 Å². The summed E-state index contributed by atoms with van der Waals surface area (Å²) >= 11 is 1.12. The van der Waals surface area contributed by atoms with E-state index in [1.165, 1.54) is 23.4 Å². The lowest BCUT2D eigenvalue weighted by Crippen LogP contribution is -2.41. The molecule has 0 unspecified atom stereocenters. The number of ether oxygens (including phenoxy) is 1. The quantitative estimate of drug-likeness (QED) is 0.623. The standard InChI is InChI=1S/C20H21F3N2O5S2/c1-13(18(26)24-16-5-2-4-15(12-16)20(21,22)23)30-19(27)14-7-9-25(10-8-14)32(28,29)17-6-3-11-31-17/h2-6,11-14H,7-10H2,1H3,(H,24,26)/t13-/m0/s1. The van der Waals surface area contributed by atoms with Crippen LogP contribution in [0, 0.1) is 5.92 Å². The minimum absolute atomic E-state index is 0.0696. The first-order valence-electron chi connectivity index (χ1n) is 9.71. The summed E-state index contributed by atoms with van der Waals surface area (Å²) in [6.07, 6.45) is -5.30. The van der Waals surface area contributed by atoms with Crippen molar-refractivity contribution in [2.24, 2.45) is 5.92 Å². The minimum atomic E-state index is -4.55. The molecule has 2 heterocycles. The number of carbonyl (C=O) groups is 2. The van der Waals surface area contributed by atoms with E-state index in [1.807, 2.05) is 0 Å². The van der Waals surface area contributed by atoms with Crippen LogP contribution in [-0.4, -0.2) is 43.8 Å². The molecule has 1 atom stereocenters. The van der Waals surface area contributed by atoms with Gasteiger partial charge in [-0.1, -0.05) is 12.1 Å². The van der Waals surface area contributed by atoms with E-state index in [1.54, 1.807) is 11.4 Å². The molecule has 0 bridgehead atoms. The van der Waals surface area contributed by atoms with Gasteiger partial charge in [0.15, 0.2) is 6.10 Å². The predicted octanol–water partition coefficient (Wildman–Crippen LogP) is 3.74. The van der Waals surface area contributed by atoms with E-state index in [2.05, 4.69) is 5.32 Å². The van der Waals surface area contributed by atoms with Gasteiger partial charge < -0.3 is 10.1 Å². The summed E-state index contributed by atoms with van der Waals surface area (Å²) < 4.78 is 70.2. The van der Waals surface area contributed by atoms with Crippen LogP contribution in [0.25, 0.3) is 0 Å². The van der Waals surface area contributed by atoms with Gasteiger partial charge in [-0.3, -0.25) is 9.59 Å². The molecule has 7 nitrogen and oxygen atoms in total. The van der Waals surface area contributed by atoms with Crippen molar-refractivity contribution < 1.29 is 35.9 Å². The van der Waals surface area contributed by atoms with Gasteiger partial charge in [0, 0.05) is 18.8 Å². The van der Waals surface area contributed by atoms with Crippen LogP contribution < -0.4 is 5.32 Å². The Kier molecular flexibility index (Phi) is 7.25. The van der Waals surface area contributed by atoms with Gasteiger partial charge in [-0.15, -0.1) is 11.3 Å². The number of carbonyl (C=O) groups excluding carboxylic acids is 2. The molecule has 0 aliphatic carbocycles. The van der Waals surface area contributed by atoms with Crippen molar-refractivity contribution in [3.8, 4) is 0 Å². The molecule has 1 aliphatic heterocycles. The third-order valence-corrected chi connectivity index (χ3v) is 8.27. The fourth-order valence-corrected chi connectivity index (χ4v) is 5.82. The summed E-state index contributed by atoms with van der Waals surface area (Å²) in [6.45, 7) is 1.60. The van der Waals surface area contributed by atoms with Gasteiger partial charge in [-0.2, -0.15) is 17.5 Å². The number of piperidine rings is 1. The first kappa shape index (κ1) is 24.2. The maximum atomic E-state index is 12.8. The second-order valence-electron chi connectivity index (χ2n) is 7.26. The van der Waals surface area contributed by atoms with Gasteiger partial charge in [0.1, 0.15) is 4.21 Å². The summed E-state index contributed by atoms with van der Waals surface area (Å²) in [6, 6.07) is 7.29. The molecule has 32 heavy (non-hydrogen) atoms. The highest BCUT2D eigenvalue weighted by Crippen LogP contribution is 2.31. The molecular weight excluding hydrogens is 469 g/mol. The number of anilines is 1. The SMILES string of the molecule is C[C@H](OC(=O)C1CCN(S(=O)(=O)c2cccs2)CC1)C(=O)Nc1cccc(C(F)(F)F)c1. The van der Waals surface area contributed by atoms with E-state index in [0.29, 0.717) is 0 Å². The summed E-state index contributed by atoms with van der Waals surface area (Å²) in [5, 5.41) is 3.97. The maximum Gasteiger partial charge on any atom is 0.416 e. The van der Waals surface area contributed by atoms with Crippen molar-refractivity contribution in [3.63, 3.8) is 0 Å². The number of nitrogens with zero attached hydrogens (tertiary/aromatic N) is 1. The van der Waals surface area contributed by atoms with Gasteiger partial charge >= 0.3 is 12.1 Å². The van der Waals surface area contributed by atoms with E-state index in [0.717, 1.165) is 29.5 Å². The highest BCUT2D eigenvalue weighted by atomic mass is 32.2. The Morgan fingerprint density at radius 3 is 2.47 bits per heavy atom. The fraction of sp³-hybridized carbons (Fsp3) is 0.400. The van der Waals surface area contributed by atoms with E-state index >= 15 is 0 Å². The molecule has 0 radical (unpaired) electrons. The first-order chi connectivity index (χ1) is 15.0. The zero-order chi connectivity index (χ0) is 23.5. The molecule has 0 spiro atoms. The number of hydrogen-bond acceptors (Lipinski definition) is 6. The smallest absolute Gasteiger partial charge is 0.416 e. The minimum Gasteiger partial charge on any atom is -0.452 e. The lowest BCUT2D eigenvalue weighted by Gasteiger charge is -2.30. The average Bonchev–Trinajstić information content (AvgIpc) is 3.29. The molecule has 12 heteroatoms. The molecule has 0 saturated carbocycles. The molecule has 1 aromatic carbocycles. The maximum absolute atomic E-state index is 12.8. The first-order valence-corrected chi connectivity index (χ1v) is 12.0. The number of nitrogens with one attached hydrogen (secondary N) is 1. The number of esters is 1. The molecule has 1 amide bonds. The molecule has 1 saturated heterocycles. The number of rotatable bonds is 6. The molecular formula is C20H21F3N2O5S2. The summed E-state index contributed by atoms with van der Waals surface area (Å²) in [5.41, 5.74) is -0.982. The van der Waals surface area contributed by atoms with Crippen LogP contribution in [0.5, 0.6) is 0 Å². The second kappa shape index (κ2) is 9.59. The summed E-state index contributed by atoms with van der Waals surface area (Å²) in [7, 11) is -3.60. The molecule has 1 aromatic heterocycles. The Morgan fingerprint density at radius 2 is 1.88 bits per heavy atom. The van der Waals surface area contributed by atoms with Crippen LogP contribution in [0.4, 0.5) is 18.9 Å². The largest absolute Gasteiger partial charge is 0.452 e. The van der Waals surface area contributed by atoms with E-state index < -0.39 is 45.7 Å². The number of sulfonamides is 1. The highest BCUT2D eigenvalue weighted by molar-refractivity contribution is 7.91. The number of hydrogen-bond donors (Lipinski definition) is 1. The number of halogens is 3. The number of benzene rings is 1. The number of thiophene rings is 1. The van der Waals surface area contributed by atoms with Crippen LogP contribution in [-0.2, 0) is 30.5 Å². The van der Waals surface area contributed by atoms with Crippen molar-refractivity contribution >= 4 is 38.9 Å². The van der Waals surface area contributed by atoms with Gasteiger partial charge in [-0.05, 0) is 49.4 Å². The zero-order valence-corrected chi connectivity index (χ0v) is 18.6. The second-order valence-corrected chi connectivity index (χ2v) is 10.4. The van der Waals surface area contributed by atoms with E-state index in [-0.39, 0.29) is 35.8 Å². The van der Waals surface area contributed by atoms with Crippen molar-refractivity contribution in [2.75, 3.05) is 18.4 Å².